The van der Waals surface area contributed by atoms with Crippen molar-refractivity contribution in [3.8, 4) is 11.5 Å². The van der Waals surface area contributed by atoms with Crippen molar-refractivity contribution in [1.82, 2.24) is 9.97 Å². The topological polar surface area (TPSA) is 163 Å². The van der Waals surface area contributed by atoms with E-state index in [1.165, 1.54) is 12.3 Å². The van der Waals surface area contributed by atoms with E-state index in [2.05, 4.69) is 20.5 Å². The number of rotatable bonds is 8. The van der Waals surface area contributed by atoms with Gasteiger partial charge in [0.2, 0.25) is 11.7 Å². The van der Waals surface area contributed by atoms with E-state index in [4.69, 9.17) is 9.84 Å². The number of nitro groups is 1. The van der Waals surface area contributed by atoms with E-state index in [1.54, 1.807) is 13.8 Å². The van der Waals surface area contributed by atoms with Gasteiger partial charge in [-0.25, -0.2) is 10.4 Å². The second-order valence-corrected chi connectivity index (χ2v) is 5.40. The number of phenols is 1. The van der Waals surface area contributed by atoms with E-state index in [0.717, 1.165) is 6.07 Å². The normalized spacial score (nSPS) is 10.9. The van der Waals surface area contributed by atoms with Gasteiger partial charge in [0.15, 0.2) is 5.75 Å². The number of hydrogen-bond donors (Lipinski definition) is 4. The number of anilines is 1. The van der Waals surface area contributed by atoms with Crippen molar-refractivity contribution in [2.75, 3.05) is 18.6 Å². The summed E-state index contributed by atoms with van der Waals surface area (Å²) in [4.78, 5) is 28.9. The van der Waals surface area contributed by atoms with Crippen LogP contribution >= 0.6 is 0 Å². The summed E-state index contributed by atoms with van der Waals surface area (Å²) in [6.45, 7) is 3.36. The van der Waals surface area contributed by atoms with Gasteiger partial charge >= 0.3 is 5.69 Å². The Kier molecular flexibility index (Phi) is 6.44. The van der Waals surface area contributed by atoms with Gasteiger partial charge in [0.1, 0.15) is 0 Å². The first kappa shape index (κ1) is 19.8. The molecule has 0 fully saturated rings. The van der Waals surface area contributed by atoms with E-state index in [1.807, 2.05) is 0 Å². The maximum absolute atomic E-state index is 11.9. The van der Waals surface area contributed by atoms with Crippen LogP contribution in [0.3, 0.4) is 0 Å². The number of H-pyrrole nitrogens is 1. The molecule has 0 aliphatic rings. The minimum Gasteiger partial charge on any atom is -0.500 e. The molecule has 144 valence electrons. The second-order valence-electron chi connectivity index (χ2n) is 5.40. The van der Waals surface area contributed by atoms with E-state index in [0.29, 0.717) is 16.8 Å². The molecule has 11 heteroatoms. The Morgan fingerprint density at radius 3 is 2.81 bits per heavy atom. The van der Waals surface area contributed by atoms with Crippen LogP contribution in [0.2, 0.25) is 0 Å². The number of aromatic nitrogens is 2. The van der Waals surface area contributed by atoms with Crippen LogP contribution in [0, 0.1) is 17.0 Å². The van der Waals surface area contributed by atoms with E-state index in [9.17, 15) is 20.0 Å². The number of aromatic hydroxyl groups is 1. The van der Waals surface area contributed by atoms with Crippen molar-refractivity contribution in [2.24, 2.45) is 5.10 Å². The summed E-state index contributed by atoms with van der Waals surface area (Å²) < 4.78 is 5.18. The third kappa shape index (κ3) is 4.79. The highest BCUT2D eigenvalue weighted by molar-refractivity contribution is 5.83. The smallest absolute Gasteiger partial charge is 0.315 e. The molecule has 0 unspecified atom stereocenters. The monoisotopic (exact) mass is 377 g/mol. The number of hydrogen-bond acceptors (Lipinski definition) is 9. The van der Waals surface area contributed by atoms with Gasteiger partial charge in [-0.05, 0) is 19.9 Å². The van der Waals surface area contributed by atoms with Crippen LogP contribution in [0.5, 0.6) is 11.5 Å². The van der Waals surface area contributed by atoms with Crippen molar-refractivity contribution in [3.05, 3.63) is 49.4 Å². The standard InChI is InChI=1S/C16H19N5O6/c1-3-27-13-7-10(6-12(14(13)23)21(25)26)8-17-20-16-18-9(2)11(4-5-22)15(24)19-16/h6-8,22-23H,3-5H2,1-2H3,(H2,18,19,20,24)/b17-8-. The van der Waals surface area contributed by atoms with Gasteiger partial charge in [-0.3, -0.25) is 19.9 Å². The minimum absolute atomic E-state index is 0.0381. The number of phenolic OH excluding ortho intramolecular Hbond substituents is 1. The zero-order valence-electron chi connectivity index (χ0n) is 14.7. The molecule has 1 heterocycles. The zero-order chi connectivity index (χ0) is 20.0. The molecule has 2 rings (SSSR count). The van der Waals surface area contributed by atoms with E-state index >= 15 is 0 Å². The number of benzene rings is 1. The zero-order valence-corrected chi connectivity index (χ0v) is 14.7. The number of aryl methyl sites for hydroxylation is 1. The highest BCUT2D eigenvalue weighted by Crippen LogP contribution is 2.36. The molecule has 0 radical (unpaired) electrons. The predicted octanol–water partition coefficient (Wildman–Crippen LogP) is 1.07. The van der Waals surface area contributed by atoms with E-state index < -0.39 is 21.9 Å². The number of nitrogens with zero attached hydrogens (tertiary/aromatic N) is 3. The van der Waals surface area contributed by atoms with Crippen molar-refractivity contribution in [3.63, 3.8) is 0 Å². The summed E-state index contributed by atoms with van der Waals surface area (Å²) in [6, 6.07) is 2.53. The molecule has 1 aromatic heterocycles. The lowest BCUT2D eigenvalue weighted by atomic mass is 10.2. The van der Waals surface area contributed by atoms with Crippen LogP contribution in [0.25, 0.3) is 0 Å². The average molecular weight is 377 g/mol. The second kappa shape index (κ2) is 8.76. The van der Waals surface area contributed by atoms with Gasteiger partial charge < -0.3 is 14.9 Å². The van der Waals surface area contributed by atoms with Crippen LogP contribution in [0.1, 0.15) is 23.7 Å². The fraction of sp³-hybridized carbons (Fsp3) is 0.312. The molecule has 0 atom stereocenters. The largest absolute Gasteiger partial charge is 0.500 e. The minimum atomic E-state index is -0.731. The molecule has 0 aliphatic heterocycles. The molecule has 0 saturated carbocycles. The van der Waals surface area contributed by atoms with Gasteiger partial charge in [0, 0.05) is 30.2 Å². The number of nitro benzene ring substituents is 1. The first-order valence-corrected chi connectivity index (χ1v) is 8.01. The molecule has 4 N–H and O–H groups in total. The SMILES string of the molecule is CCOc1cc(/C=N\Nc2nc(C)c(CCO)c(=O)[nH]2)cc([N+](=O)[O-])c1O. The van der Waals surface area contributed by atoms with Crippen LogP contribution in [0.15, 0.2) is 22.0 Å². The summed E-state index contributed by atoms with van der Waals surface area (Å²) in [5.41, 5.74) is 2.74. The summed E-state index contributed by atoms with van der Waals surface area (Å²) in [5, 5.41) is 33.7. The van der Waals surface area contributed by atoms with Crippen LogP contribution < -0.4 is 15.7 Å². The number of nitrogens with one attached hydrogen (secondary N) is 2. The fourth-order valence-electron chi connectivity index (χ4n) is 2.33. The summed E-state index contributed by atoms with van der Waals surface area (Å²) >= 11 is 0. The Bertz CT molecular complexity index is 924. The van der Waals surface area contributed by atoms with Crippen LogP contribution in [0.4, 0.5) is 11.6 Å². The van der Waals surface area contributed by atoms with Gasteiger partial charge in [0.05, 0.1) is 23.4 Å². The quantitative estimate of drug-likeness (QED) is 0.301. The lowest BCUT2D eigenvalue weighted by molar-refractivity contribution is -0.386. The maximum Gasteiger partial charge on any atom is 0.315 e. The molecule has 0 saturated heterocycles. The van der Waals surface area contributed by atoms with Gasteiger partial charge in [0.25, 0.3) is 5.56 Å². The predicted molar refractivity (Wildman–Crippen MR) is 97.5 cm³/mol. The first-order valence-electron chi connectivity index (χ1n) is 8.01. The van der Waals surface area contributed by atoms with Crippen molar-refractivity contribution in [2.45, 2.75) is 20.3 Å². The Morgan fingerprint density at radius 2 is 2.22 bits per heavy atom. The third-order valence-corrected chi connectivity index (χ3v) is 3.54. The van der Waals surface area contributed by atoms with Crippen molar-refractivity contribution >= 4 is 17.9 Å². The number of hydrazone groups is 1. The number of aromatic amines is 1. The summed E-state index contributed by atoms with van der Waals surface area (Å²) in [7, 11) is 0. The summed E-state index contributed by atoms with van der Waals surface area (Å²) in [6.07, 6.45) is 1.45. The average Bonchev–Trinajstić information content (AvgIpc) is 2.60. The first-order chi connectivity index (χ1) is 12.9. The van der Waals surface area contributed by atoms with Gasteiger partial charge in [-0.1, -0.05) is 0 Å². The number of ether oxygens (including phenoxy) is 1. The molecular formula is C16H19N5O6. The van der Waals surface area contributed by atoms with Crippen molar-refractivity contribution in [1.29, 1.82) is 0 Å². The molecule has 0 spiro atoms. The van der Waals surface area contributed by atoms with Gasteiger partial charge in [-0.2, -0.15) is 5.10 Å². The molecule has 27 heavy (non-hydrogen) atoms. The Labute approximate surface area is 153 Å². The third-order valence-electron chi connectivity index (χ3n) is 3.54. The Morgan fingerprint density at radius 1 is 1.48 bits per heavy atom. The summed E-state index contributed by atoms with van der Waals surface area (Å²) in [5.74, 6) is -0.523. The Hall–Kier alpha value is -3.47. The Balaban J connectivity index is 2.26. The highest BCUT2D eigenvalue weighted by Gasteiger charge is 2.19. The molecule has 0 aliphatic carbocycles. The fourth-order valence-corrected chi connectivity index (χ4v) is 2.33. The number of aliphatic hydroxyl groups excluding tert-OH is 1. The van der Waals surface area contributed by atoms with Gasteiger partial charge in [-0.15, -0.1) is 0 Å². The molecular weight excluding hydrogens is 358 g/mol. The number of aliphatic hydroxyl groups is 1. The lowest BCUT2D eigenvalue weighted by Gasteiger charge is -2.07. The van der Waals surface area contributed by atoms with Crippen LogP contribution in [-0.2, 0) is 6.42 Å². The molecule has 11 nitrogen and oxygen atoms in total. The maximum atomic E-state index is 11.9. The highest BCUT2D eigenvalue weighted by atomic mass is 16.6. The van der Waals surface area contributed by atoms with Crippen molar-refractivity contribution < 1.29 is 19.9 Å². The molecule has 0 bridgehead atoms. The molecule has 2 aromatic rings. The molecule has 0 amide bonds. The van der Waals surface area contributed by atoms with E-state index in [-0.39, 0.29) is 31.3 Å². The molecule has 1 aromatic carbocycles. The lowest BCUT2D eigenvalue weighted by Crippen LogP contribution is -2.19. The van der Waals surface area contributed by atoms with Crippen LogP contribution in [-0.4, -0.2) is 44.5 Å².